The molecular weight excluding hydrogens is 547 g/mol. The summed E-state index contributed by atoms with van der Waals surface area (Å²) in [7, 11) is 0. The second-order valence-corrected chi connectivity index (χ2v) is 8.48. The minimum atomic E-state index is -0.868. The Morgan fingerprint density at radius 2 is 1.85 bits per heavy atom. The summed E-state index contributed by atoms with van der Waals surface area (Å²) in [6.45, 7) is 9.45. The van der Waals surface area contributed by atoms with Crippen molar-refractivity contribution in [2.45, 2.75) is 40.2 Å². The van der Waals surface area contributed by atoms with Gasteiger partial charge in [0.1, 0.15) is 23.9 Å². The molecule has 0 unspecified atom stereocenters. The van der Waals surface area contributed by atoms with Gasteiger partial charge in [0.2, 0.25) is 0 Å². The van der Waals surface area contributed by atoms with Crippen LogP contribution in [0.25, 0.3) is 0 Å². The monoisotopic (exact) mass is 578 g/mol. The summed E-state index contributed by atoms with van der Waals surface area (Å²) in [6.07, 6.45) is 1.73. The molecule has 0 amide bonds. The molecule has 0 aliphatic rings. The zero-order valence-corrected chi connectivity index (χ0v) is 22.2. The van der Waals surface area contributed by atoms with Gasteiger partial charge in [0.15, 0.2) is 0 Å². The molecule has 2 rings (SSSR count). The summed E-state index contributed by atoms with van der Waals surface area (Å²) < 4.78 is 23.7. The van der Waals surface area contributed by atoms with Gasteiger partial charge in [-0.25, -0.2) is 0 Å². The Balaban J connectivity index is 1.97. The van der Waals surface area contributed by atoms with Crippen LogP contribution in [0, 0.1) is 15.4 Å². The number of carboxylic acids is 1. The number of carboxylic acid groups (broad SMARTS) is 1. The van der Waals surface area contributed by atoms with Gasteiger partial charge in [0, 0.05) is 6.07 Å². The largest absolute Gasteiger partial charge is 0.494 e. The minimum absolute atomic E-state index is 0.0112. The highest BCUT2D eigenvalue weighted by atomic mass is 127. The minimum Gasteiger partial charge on any atom is -0.494 e. The summed E-state index contributed by atoms with van der Waals surface area (Å²) in [5.74, 6) is 7.69. The molecule has 0 heterocycles. The molecular formula is C27H31IO6. The summed E-state index contributed by atoms with van der Waals surface area (Å²) in [6, 6.07) is 11.5. The maximum Gasteiger partial charge on any atom is 0.305 e. The van der Waals surface area contributed by atoms with E-state index in [0.717, 1.165) is 31.8 Å². The maximum atomic E-state index is 10.6. The lowest BCUT2D eigenvalue weighted by atomic mass is 10.1. The van der Waals surface area contributed by atoms with Crippen molar-refractivity contribution in [3.05, 3.63) is 62.7 Å². The van der Waals surface area contributed by atoms with E-state index >= 15 is 0 Å². The van der Waals surface area contributed by atoms with Crippen molar-refractivity contribution in [2.75, 3.05) is 26.4 Å². The molecule has 0 fully saturated rings. The lowest BCUT2D eigenvalue weighted by Gasteiger charge is -2.14. The third kappa shape index (κ3) is 9.27. The number of carbonyl (C=O) groups is 1. The standard InChI is InChI=1S/C27H31IO6/c1-5-31-23-11-9-21(26(18-23)32-6-2)8-7-19(3)13-15-34-25-12-10-22(17-24(25)28)20(4)33-16-14-27(29)30/h9-13,17-18,20H,5-6,14-16H2,1-4H3,(H,29,30)/b19-13+/t20-/m0/s1. The number of rotatable bonds is 12. The van der Waals surface area contributed by atoms with Crippen molar-refractivity contribution in [1.29, 1.82) is 0 Å². The quantitative estimate of drug-likeness (QED) is 0.246. The van der Waals surface area contributed by atoms with Gasteiger partial charge in [-0.05, 0) is 91.8 Å². The van der Waals surface area contributed by atoms with Crippen LogP contribution >= 0.6 is 22.6 Å². The van der Waals surface area contributed by atoms with Gasteiger partial charge < -0.3 is 24.1 Å². The fourth-order valence-corrected chi connectivity index (χ4v) is 3.61. The zero-order chi connectivity index (χ0) is 24.9. The van der Waals surface area contributed by atoms with Crippen LogP contribution in [0.5, 0.6) is 17.2 Å². The van der Waals surface area contributed by atoms with E-state index in [-0.39, 0.29) is 19.1 Å². The van der Waals surface area contributed by atoms with E-state index in [1.165, 1.54) is 0 Å². The van der Waals surface area contributed by atoms with Crippen LogP contribution in [-0.4, -0.2) is 37.5 Å². The summed E-state index contributed by atoms with van der Waals surface area (Å²) >= 11 is 2.22. The Morgan fingerprint density at radius 1 is 1.09 bits per heavy atom. The molecule has 1 N–H and O–H groups in total. The fourth-order valence-electron chi connectivity index (χ4n) is 2.92. The smallest absolute Gasteiger partial charge is 0.305 e. The highest BCUT2D eigenvalue weighted by molar-refractivity contribution is 14.1. The lowest BCUT2D eigenvalue weighted by Crippen LogP contribution is -2.06. The van der Waals surface area contributed by atoms with Crippen LogP contribution in [0.15, 0.2) is 48.0 Å². The van der Waals surface area contributed by atoms with Gasteiger partial charge in [-0.2, -0.15) is 0 Å². The zero-order valence-electron chi connectivity index (χ0n) is 20.0. The van der Waals surface area contributed by atoms with Gasteiger partial charge in [-0.3, -0.25) is 4.79 Å². The second kappa shape index (κ2) is 14.5. The third-order valence-electron chi connectivity index (χ3n) is 4.70. The van der Waals surface area contributed by atoms with Gasteiger partial charge >= 0.3 is 5.97 Å². The second-order valence-electron chi connectivity index (χ2n) is 7.32. The maximum absolute atomic E-state index is 10.6. The predicted molar refractivity (Wildman–Crippen MR) is 141 cm³/mol. The van der Waals surface area contributed by atoms with Crippen LogP contribution in [0.3, 0.4) is 0 Å². The van der Waals surface area contributed by atoms with E-state index in [1.54, 1.807) is 0 Å². The van der Waals surface area contributed by atoms with E-state index in [1.807, 2.05) is 70.2 Å². The predicted octanol–water partition coefficient (Wildman–Crippen LogP) is 6.02. The van der Waals surface area contributed by atoms with Crippen LogP contribution in [0.1, 0.15) is 51.3 Å². The molecule has 1 atom stereocenters. The first-order valence-corrected chi connectivity index (χ1v) is 12.3. The number of allylic oxidation sites excluding steroid dienone is 1. The molecule has 0 saturated heterocycles. The molecule has 0 radical (unpaired) electrons. The van der Waals surface area contributed by atoms with Crippen LogP contribution in [0.4, 0.5) is 0 Å². The molecule has 7 heteroatoms. The molecule has 2 aromatic carbocycles. The molecule has 0 aromatic heterocycles. The number of benzene rings is 2. The number of hydrogen-bond donors (Lipinski definition) is 1. The van der Waals surface area contributed by atoms with E-state index in [4.69, 9.17) is 24.1 Å². The molecule has 34 heavy (non-hydrogen) atoms. The number of halogens is 1. The topological polar surface area (TPSA) is 74.2 Å². The lowest BCUT2D eigenvalue weighted by molar-refractivity contribution is -0.138. The first-order valence-electron chi connectivity index (χ1n) is 11.2. The first kappa shape index (κ1) is 27.5. The normalized spacial score (nSPS) is 11.9. The van der Waals surface area contributed by atoms with E-state index in [2.05, 4.69) is 34.4 Å². The highest BCUT2D eigenvalue weighted by Gasteiger charge is 2.10. The van der Waals surface area contributed by atoms with Crippen LogP contribution in [0.2, 0.25) is 0 Å². The average Bonchev–Trinajstić information content (AvgIpc) is 2.79. The van der Waals surface area contributed by atoms with Gasteiger partial charge in [-0.1, -0.05) is 17.9 Å². The van der Waals surface area contributed by atoms with Gasteiger partial charge in [0.05, 0.1) is 41.5 Å². The number of ether oxygens (including phenoxy) is 4. The SMILES string of the molecule is CCOc1ccc(C#C/C(C)=C/COc2ccc([C@H](C)OCCC(=O)O)cc2I)c(OCC)c1. The number of hydrogen-bond acceptors (Lipinski definition) is 5. The van der Waals surface area contributed by atoms with E-state index < -0.39 is 5.97 Å². The van der Waals surface area contributed by atoms with Crippen molar-refractivity contribution in [1.82, 2.24) is 0 Å². The molecule has 2 aromatic rings. The van der Waals surface area contributed by atoms with E-state index in [0.29, 0.717) is 25.6 Å². The van der Waals surface area contributed by atoms with Crippen molar-refractivity contribution in [3.63, 3.8) is 0 Å². The molecule has 182 valence electrons. The van der Waals surface area contributed by atoms with Crippen LogP contribution < -0.4 is 14.2 Å². The Kier molecular flexibility index (Phi) is 11.8. The van der Waals surface area contributed by atoms with Crippen molar-refractivity contribution in [2.24, 2.45) is 0 Å². The average molecular weight is 578 g/mol. The Hall–Kier alpha value is -2.70. The Bertz CT molecular complexity index is 1050. The van der Waals surface area contributed by atoms with Crippen LogP contribution in [-0.2, 0) is 9.53 Å². The Labute approximate surface area is 215 Å². The molecule has 0 spiro atoms. The molecule has 0 saturated carbocycles. The molecule has 0 aliphatic heterocycles. The summed E-state index contributed by atoms with van der Waals surface area (Å²) in [4.78, 5) is 10.6. The Morgan fingerprint density at radius 3 is 2.53 bits per heavy atom. The third-order valence-corrected chi connectivity index (χ3v) is 5.54. The van der Waals surface area contributed by atoms with E-state index in [9.17, 15) is 4.79 Å². The highest BCUT2D eigenvalue weighted by Crippen LogP contribution is 2.27. The molecule has 0 aliphatic carbocycles. The number of aliphatic carboxylic acids is 1. The first-order chi connectivity index (χ1) is 16.3. The summed E-state index contributed by atoms with van der Waals surface area (Å²) in [5, 5.41) is 8.73. The van der Waals surface area contributed by atoms with Gasteiger partial charge in [-0.15, -0.1) is 0 Å². The van der Waals surface area contributed by atoms with Gasteiger partial charge in [0.25, 0.3) is 0 Å². The molecule has 0 bridgehead atoms. The van der Waals surface area contributed by atoms with Crippen molar-refractivity contribution >= 4 is 28.6 Å². The van der Waals surface area contributed by atoms with Crippen molar-refractivity contribution in [3.8, 4) is 29.1 Å². The summed E-state index contributed by atoms with van der Waals surface area (Å²) in [5.41, 5.74) is 2.67. The molecule has 6 nitrogen and oxygen atoms in total. The fraction of sp³-hybridized carbons (Fsp3) is 0.370. The van der Waals surface area contributed by atoms with Crippen molar-refractivity contribution < 1.29 is 28.8 Å².